The Balaban J connectivity index is 2.31. The lowest BCUT2D eigenvalue weighted by molar-refractivity contribution is 0.0698. The van der Waals surface area contributed by atoms with Gasteiger partial charge in [0.1, 0.15) is 0 Å². The summed E-state index contributed by atoms with van der Waals surface area (Å²) >= 11 is 1.58. The number of thiophene rings is 1. The molecule has 0 amide bonds. The van der Waals surface area contributed by atoms with Crippen molar-refractivity contribution < 1.29 is 9.90 Å². The maximum Gasteiger partial charge on any atom is 0.337 e. The van der Waals surface area contributed by atoms with Crippen molar-refractivity contribution in [1.82, 2.24) is 9.38 Å². The molecule has 0 unspecified atom stereocenters. The Hall–Kier alpha value is -2.14. The van der Waals surface area contributed by atoms with Gasteiger partial charge in [-0.1, -0.05) is 6.07 Å². The second kappa shape index (κ2) is 3.71. The lowest BCUT2D eigenvalue weighted by atomic mass is 10.2. The van der Waals surface area contributed by atoms with Crippen LogP contribution in [0.5, 0.6) is 0 Å². The van der Waals surface area contributed by atoms with Gasteiger partial charge in [0.25, 0.3) is 0 Å². The lowest BCUT2D eigenvalue weighted by Gasteiger charge is -2.00. The van der Waals surface area contributed by atoms with E-state index in [1.807, 2.05) is 23.7 Å². The van der Waals surface area contributed by atoms with Gasteiger partial charge < -0.3 is 5.11 Å². The van der Waals surface area contributed by atoms with Crippen LogP contribution in [0.1, 0.15) is 10.4 Å². The van der Waals surface area contributed by atoms with Gasteiger partial charge >= 0.3 is 5.97 Å². The maximum atomic E-state index is 11.1. The third kappa shape index (κ3) is 1.52. The highest BCUT2D eigenvalue weighted by molar-refractivity contribution is 7.13. The fraction of sp³-hybridized carbons (Fsp3) is 0. The van der Waals surface area contributed by atoms with E-state index in [4.69, 9.17) is 5.11 Å². The van der Waals surface area contributed by atoms with Crippen LogP contribution < -0.4 is 0 Å². The number of hydrogen-bond donors (Lipinski definition) is 1. The van der Waals surface area contributed by atoms with Gasteiger partial charge in [0, 0.05) is 6.20 Å². The summed E-state index contributed by atoms with van der Waals surface area (Å²) in [6.45, 7) is 0. The molecule has 0 saturated carbocycles. The summed E-state index contributed by atoms with van der Waals surface area (Å²) in [5.41, 5.74) is 0.881. The molecule has 17 heavy (non-hydrogen) atoms. The second-order valence-corrected chi connectivity index (χ2v) is 4.49. The van der Waals surface area contributed by atoms with E-state index in [9.17, 15) is 4.79 Å². The minimum Gasteiger partial charge on any atom is -0.478 e. The van der Waals surface area contributed by atoms with Crippen LogP contribution >= 0.6 is 11.3 Å². The average Bonchev–Trinajstić information content (AvgIpc) is 2.96. The van der Waals surface area contributed by atoms with E-state index >= 15 is 0 Å². The molecule has 0 aliphatic carbocycles. The van der Waals surface area contributed by atoms with Crippen molar-refractivity contribution in [2.45, 2.75) is 0 Å². The summed E-state index contributed by atoms with van der Waals surface area (Å²) in [6, 6.07) is 7.21. The first-order valence-electron chi connectivity index (χ1n) is 5.00. The number of hydrogen-bond acceptors (Lipinski definition) is 3. The summed E-state index contributed by atoms with van der Waals surface area (Å²) in [5, 5.41) is 11.1. The smallest absolute Gasteiger partial charge is 0.337 e. The molecule has 0 atom stereocenters. The number of carbonyl (C=O) groups is 1. The molecular formula is C12H8N2O2S. The predicted molar refractivity (Wildman–Crippen MR) is 65.5 cm³/mol. The number of carboxylic acids is 1. The zero-order chi connectivity index (χ0) is 11.8. The van der Waals surface area contributed by atoms with Crippen molar-refractivity contribution in [3.8, 4) is 10.7 Å². The molecule has 0 radical (unpaired) electrons. The predicted octanol–water partition coefficient (Wildman–Crippen LogP) is 2.76. The van der Waals surface area contributed by atoms with Gasteiger partial charge in [-0.3, -0.25) is 4.40 Å². The number of aromatic carboxylic acids is 1. The Kier molecular flexibility index (Phi) is 2.19. The minimum atomic E-state index is -0.937. The highest BCUT2D eigenvalue weighted by Crippen LogP contribution is 2.25. The molecule has 84 valence electrons. The molecule has 3 heterocycles. The highest BCUT2D eigenvalue weighted by atomic mass is 32.1. The summed E-state index contributed by atoms with van der Waals surface area (Å²) in [4.78, 5) is 16.4. The van der Waals surface area contributed by atoms with Gasteiger partial charge in [-0.2, -0.15) is 0 Å². The number of carboxylic acid groups (broad SMARTS) is 1. The average molecular weight is 244 g/mol. The molecule has 0 fully saturated rings. The standard InChI is InChI=1S/C12H8N2O2S/c15-12(16)8-3-1-5-14-9(8)7-13-11(14)10-4-2-6-17-10/h1-7H,(H,15,16). The quantitative estimate of drug-likeness (QED) is 0.754. The van der Waals surface area contributed by atoms with Gasteiger partial charge in [0.15, 0.2) is 5.82 Å². The first kappa shape index (κ1) is 10.0. The molecule has 0 bridgehead atoms. The largest absolute Gasteiger partial charge is 0.478 e. The third-order valence-electron chi connectivity index (χ3n) is 2.54. The first-order chi connectivity index (χ1) is 8.27. The molecule has 0 aromatic carbocycles. The van der Waals surface area contributed by atoms with Crippen LogP contribution in [0.2, 0.25) is 0 Å². The molecule has 1 N–H and O–H groups in total. The van der Waals surface area contributed by atoms with Crippen molar-refractivity contribution in [2.75, 3.05) is 0 Å². The number of aromatic nitrogens is 2. The van der Waals surface area contributed by atoms with Crippen molar-refractivity contribution in [1.29, 1.82) is 0 Å². The summed E-state index contributed by atoms with van der Waals surface area (Å²) in [6.07, 6.45) is 3.42. The molecule has 5 heteroatoms. The van der Waals surface area contributed by atoms with E-state index in [0.29, 0.717) is 5.52 Å². The van der Waals surface area contributed by atoms with E-state index in [0.717, 1.165) is 10.7 Å². The van der Waals surface area contributed by atoms with Crippen LogP contribution in [0.15, 0.2) is 42.0 Å². The number of fused-ring (bicyclic) bond motifs is 1. The highest BCUT2D eigenvalue weighted by Gasteiger charge is 2.13. The van der Waals surface area contributed by atoms with E-state index in [2.05, 4.69) is 4.98 Å². The minimum absolute atomic E-state index is 0.266. The Morgan fingerprint density at radius 2 is 2.24 bits per heavy atom. The number of pyridine rings is 1. The summed E-state index contributed by atoms with van der Waals surface area (Å²) in [7, 11) is 0. The summed E-state index contributed by atoms with van der Waals surface area (Å²) in [5.74, 6) is -0.161. The molecule has 0 saturated heterocycles. The fourth-order valence-electron chi connectivity index (χ4n) is 1.79. The lowest BCUT2D eigenvalue weighted by Crippen LogP contribution is -1.99. The van der Waals surface area contributed by atoms with Crippen LogP contribution in [-0.2, 0) is 0 Å². The zero-order valence-corrected chi connectivity index (χ0v) is 9.52. The van der Waals surface area contributed by atoms with E-state index < -0.39 is 5.97 Å². The monoisotopic (exact) mass is 244 g/mol. The molecule has 0 aliphatic rings. The van der Waals surface area contributed by atoms with Gasteiger partial charge in [-0.25, -0.2) is 9.78 Å². The van der Waals surface area contributed by atoms with Gasteiger partial charge in [-0.15, -0.1) is 11.3 Å². The van der Waals surface area contributed by atoms with Crippen molar-refractivity contribution in [3.05, 3.63) is 47.6 Å². The SMILES string of the molecule is O=C(O)c1cccn2c(-c3cccs3)ncc12. The van der Waals surface area contributed by atoms with Gasteiger partial charge in [0.05, 0.1) is 22.2 Å². The first-order valence-corrected chi connectivity index (χ1v) is 5.88. The van der Waals surface area contributed by atoms with Gasteiger partial charge in [0.2, 0.25) is 0 Å². The normalized spacial score (nSPS) is 10.8. The van der Waals surface area contributed by atoms with Crippen LogP contribution in [0.3, 0.4) is 0 Å². The Morgan fingerprint density at radius 1 is 1.35 bits per heavy atom. The third-order valence-corrected chi connectivity index (χ3v) is 3.41. The van der Waals surface area contributed by atoms with Crippen LogP contribution in [0.4, 0.5) is 0 Å². The summed E-state index contributed by atoms with van der Waals surface area (Å²) < 4.78 is 1.80. The molecule has 3 rings (SSSR count). The van der Waals surface area contributed by atoms with E-state index in [-0.39, 0.29) is 5.56 Å². The number of imidazole rings is 1. The van der Waals surface area contributed by atoms with Crippen LogP contribution in [-0.4, -0.2) is 20.5 Å². The second-order valence-electron chi connectivity index (χ2n) is 3.54. The van der Waals surface area contributed by atoms with Crippen LogP contribution in [0.25, 0.3) is 16.2 Å². The molecule has 3 aromatic heterocycles. The van der Waals surface area contributed by atoms with E-state index in [1.54, 1.807) is 34.1 Å². The fourth-order valence-corrected chi connectivity index (χ4v) is 2.51. The van der Waals surface area contributed by atoms with Crippen molar-refractivity contribution in [3.63, 3.8) is 0 Å². The van der Waals surface area contributed by atoms with Crippen molar-refractivity contribution in [2.24, 2.45) is 0 Å². The van der Waals surface area contributed by atoms with E-state index in [1.165, 1.54) is 0 Å². The number of nitrogens with zero attached hydrogens (tertiary/aromatic N) is 2. The number of rotatable bonds is 2. The van der Waals surface area contributed by atoms with Crippen LogP contribution in [0, 0.1) is 0 Å². The Bertz CT molecular complexity index is 686. The zero-order valence-electron chi connectivity index (χ0n) is 8.70. The maximum absolute atomic E-state index is 11.1. The molecule has 0 aliphatic heterocycles. The van der Waals surface area contributed by atoms with Crippen molar-refractivity contribution >= 4 is 22.8 Å². The van der Waals surface area contributed by atoms with Gasteiger partial charge in [-0.05, 0) is 23.6 Å². The molecule has 4 nitrogen and oxygen atoms in total. The molecule has 0 spiro atoms. The molecule has 3 aromatic rings. The Labute approximate surface area is 101 Å². The Morgan fingerprint density at radius 3 is 2.94 bits per heavy atom. The topological polar surface area (TPSA) is 54.6 Å². The molecular weight excluding hydrogens is 236 g/mol.